The Hall–Kier alpha value is -2.93. The van der Waals surface area contributed by atoms with E-state index in [0.717, 1.165) is 16.8 Å². The van der Waals surface area contributed by atoms with Gasteiger partial charge < -0.3 is 14.8 Å². The van der Waals surface area contributed by atoms with E-state index in [2.05, 4.69) is 5.32 Å². The van der Waals surface area contributed by atoms with E-state index < -0.39 is 0 Å². The molecule has 2 amide bonds. The highest BCUT2D eigenvalue weighted by Gasteiger charge is 2.23. The van der Waals surface area contributed by atoms with Crippen molar-refractivity contribution in [1.29, 1.82) is 0 Å². The summed E-state index contributed by atoms with van der Waals surface area (Å²) >= 11 is 0. The van der Waals surface area contributed by atoms with Crippen LogP contribution in [0.15, 0.2) is 41.3 Å². The van der Waals surface area contributed by atoms with E-state index in [4.69, 9.17) is 0 Å². The number of benzene rings is 1. The fraction of sp³-hybridized carbons (Fsp3) is 0.381. The molecule has 0 aliphatic carbocycles. The summed E-state index contributed by atoms with van der Waals surface area (Å²) in [6.07, 6.45) is 1.60. The lowest BCUT2D eigenvalue weighted by molar-refractivity contribution is -0.117. The molecule has 0 bridgehead atoms. The highest BCUT2D eigenvalue weighted by molar-refractivity contribution is 5.94. The number of aryl methyl sites for hydroxylation is 2. The van der Waals surface area contributed by atoms with Gasteiger partial charge >= 0.3 is 0 Å². The zero-order valence-electron chi connectivity index (χ0n) is 16.6. The van der Waals surface area contributed by atoms with Crippen molar-refractivity contribution in [2.24, 2.45) is 7.05 Å². The Balaban J connectivity index is 1.53. The van der Waals surface area contributed by atoms with Gasteiger partial charge in [-0.25, -0.2) is 0 Å². The first-order valence-electron chi connectivity index (χ1n) is 9.39. The molecule has 0 spiro atoms. The number of hydrogen-bond acceptors (Lipinski definition) is 4. The van der Waals surface area contributed by atoms with Gasteiger partial charge in [-0.2, -0.15) is 0 Å². The Kier molecular flexibility index (Phi) is 5.94. The molecule has 0 saturated carbocycles. The normalized spacial score (nSPS) is 14.8. The number of pyridine rings is 1. The zero-order chi connectivity index (χ0) is 20.3. The second kappa shape index (κ2) is 8.39. The molecule has 28 heavy (non-hydrogen) atoms. The molecule has 1 N–H and O–H groups in total. The molecule has 0 atom stereocenters. The lowest BCUT2D eigenvalue weighted by Crippen LogP contribution is -2.50. The third kappa shape index (κ3) is 4.48. The topological polar surface area (TPSA) is 74.7 Å². The molecule has 1 aromatic heterocycles. The minimum absolute atomic E-state index is 0.0555. The summed E-state index contributed by atoms with van der Waals surface area (Å²) in [5.74, 6) is -0.197. The average molecular weight is 382 g/mol. The van der Waals surface area contributed by atoms with Gasteiger partial charge in [0.2, 0.25) is 5.91 Å². The SMILES string of the molecule is Cc1cccc(NC(=O)CN2CCN(C(=O)c3ccn(C)c(=O)c3)CC2)c1C. The number of carbonyl (C=O) groups is 2. The summed E-state index contributed by atoms with van der Waals surface area (Å²) < 4.78 is 1.43. The van der Waals surface area contributed by atoms with Crippen LogP contribution < -0.4 is 10.9 Å². The number of aromatic nitrogens is 1. The maximum absolute atomic E-state index is 12.6. The quantitative estimate of drug-likeness (QED) is 0.867. The molecular formula is C21H26N4O3. The molecule has 1 fully saturated rings. The molecule has 0 unspecified atom stereocenters. The van der Waals surface area contributed by atoms with Crippen molar-refractivity contribution in [2.75, 3.05) is 38.0 Å². The van der Waals surface area contributed by atoms with Gasteiger partial charge in [0.25, 0.3) is 11.5 Å². The van der Waals surface area contributed by atoms with Crippen LogP contribution in [0, 0.1) is 13.8 Å². The van der Waals surface area contributed by atoms with Gasteiger partial charge in [-0.3, -0.25) is 19.3 Å². The van der Waals surface area contributed by atoms with Crippen molar-refractivity contribution in [1.82, 2.24) is 14.4 Å². The predicted octanol–water partition coefficient (Wildman–Crippen LogP) is 1.40. The molecule has 1 saturated heterocycles. The van der Waals surface area contributed by atoms with Crippen molar-refractivity contribution < 1.29 is 9.59 Å². The van der Waals surface area contributed by atoms with Crippen LogP contribution in [0.4, 0.5) is 5.69 Å². The van der Waals surface area contributed by atoms with Gasteiger partial charge in [0, 0.05) is 56.7 Å². The van der Waals surface area contributed by atoms with Gasteiger partial charge in [-0.15, -0.1) is 0 Å². The standard InChI is InChI=1S/C21H26N4O3/c1-15-5-4-6-18(16(15)2)22-19(26)14-24-9-11-25(12-10-24)21(28)17-7-8-23(3)20(27)13-17/h4-8,13H,9-12,14H2,1-3H3,(H,22,26). The van der Waals surface area contributed by atoms with E-state index in [1.165, 1.54) is 10.6 Å². The van der Waals surface area contributed by atoms with Crippen LogP contribution in [-0.4, -0.2) is 58.9 Å². The molecule has 0 radical (unpaired) electrons. The van der Waals surface area contributed by atoms with E-state index in [1.807, 2.05) is 36.9 Å². The maximum Gasteiger partial charge on any atom is 0.254 e. The Morgan fingerprint density at radius 3 is 2.46 bits per heavy atom. The fourth-order valence-corrected chi connectivity index (χ4v) is 3.25. The molecule has 7 nitrogen and oxygen atoms in total. The minimum Gasteiger partial charge on any atom is -0.336 e. The minimum atomic E-state index is -0.201. The second-order valence-electron chi connectivity index (χ2n) is 7.23. The summed E-state index contributed by atoms with van der Waals surface area (Å²) in [5.41, 5.74) is 3.25. The number of carbonyl (C=O) groups excluding carboxylic acids is 2. The molecule has 148 valence electrons. The second-order valence-corrected chi connectivity index (χ2v) is 7.23. The van der Waals surface area contributed by atoms with Crippen LogP contribution >= 0.6 is 0 Å². The van der Waals surface area contributed by atoms with E-state index in [0.29, 0.717) is 38.3 Å². The van der Waals surface area contributed by atoms with Crippen molar-refractivity contribution >= 4 is 17.5 Å². The Morgan fingerprint density at radius 2 is 1.79 bits per heavy atom. The number of nitrogens with zero attached hydrogens (tertiary/aromatic N) is 3. The van der Waals surface area contributed by atoms with Crippen LogP contribution in [0.2, 0.25) is 0 Å². The summed E-state index contributed by atoms with van der Waals surface area (Å²) in [4.78, 5) is 40.5. The number of amides is 2. The zero-order valence-corrected chi connectivity index (χ0v) is 16.6. The Bertz CT molecular complexity index is 943. The molecule has 2 heterocycles. The lowest BCUT2D eigenvalue weighted by atomic mass is 10.1. The summed E-state index contributed by atoms with van der Waals surface area (Å²) in [6.45, 7) is 6.61. The van der Waals surface area contributed by atoms with Crippen LogP contribution in [0.1, 0.15) is 21.5 Å². The average Bonchev–Trinajstić information content (AvgIpc) is 2.67. The number of anilines is 1. The molecule has 3 rings (SSSR count). The number of rotatable bonds is 4. The molecule has 1 aromatic carbocycles. The van der Waals surface area contributed by atoms with Crippen molar-refractivity contribution in [3.63, 3.8) is 0 Å². The van der Waals surface area contributed by atoms with Crippen molar-refractivity contribution in [3.05, 3.63) is 63.6 Å². The first-order chi connectivity index (χ1) is 13.3. The summed E-state index contributed by atoms with van der Waals surface area (Å²) in [6, 6.07) is 8.88. The van der Waals surface area contributed by atoms with Gasteiger partial charge in [-0.1, -0.05) is 12.1 Å². The Morgan fingerprint density at radius 1 is 1.07 bits per heavy atom. The fourth-order valence-electron chi connectivity index (χ4n) is 3.25. The maximum atomic E-state index is 12.6. The third-order valence-corrected chi connectivity index (χ3v) is 5.26. The summed E-state index contributed by atoms with van der Waals surface area (Å²) in [7, 11) is 1.65. The Labute approximate surface area is 164 Å². The van der Waals surface area contributed by atoms with E-state index in [-0.39, 0.29) is 17.4 Å². The number of piperazine rings is 1. The molecule has 1 aliphatic heterocycles. The van der Waals surface area contributed by atoms with Crippen LogP contribution in [0.25, 0.3) is 0 Å². The summed E-state index contributed by atoms with van der Waals surface area (Å²) in [5, 5.41) is 2.97. The van der Waals surface area contributed by atoms with Gasteiger partial charge in [-0.05, 0) is 37.1 Å². The highest BCUT2D eigenvalue weighted by atomic mass is 16.2. The smallest absolute Gasteiger partial charge is 0.254 e. The largest absolute Gasteiger partial charge is 0.336 e. The number of hydrogen-bond donors (Lipinski definition) is 1. The monoisotopic (exact) mass is 382 g/mol. The predicted molar refractivity (Wildman–Crippen MR) is 109 cm³/mol. The van der Waals surface area contributed by atoms with Gasteiger partial charge in [0.1, 0.15) is 0 Å². The van der Waals surface area contributed by atoms with Gasteiger partial charge in [0.15, 0.2) is 0 Å². The third-order valence-electron chi connectivity index (χ3n) is 5.26. The van der Waals surface area contributed by atoms with Crippen molar-refractivity contribution in [2.45, 2.75) is 13.8 Å². The van der Waals surface area contributed by atoms with Gasteiger partial charge in [0.05, 0.1) is 6.54 Å². The van der Waals surface area contributed by atoms with E-state index in [1.54, 1.807) is 24.2 Å². The first-order valence-corrected chi connectivity index (χ1v) is 9.39. The first kappa shape index (κ1) is 19.8. The number of nitrogens with one attached hydrogen (secondary N) is 1. The van der Waals surface area contributed by atoms with Crippen LogP contribution in [-0.2, 0) is 11.8 Å². The molecule has 1 aliphatic rings. The van der Waals surface area contributed by atoms with E-state index in [9.17, 15) is 14.4 Å². The highest BCUT2D eigenvalue weighted by Crippen LogP contribution is 2.18. The molecule has 2 aromatic rings. The molecular weight excluding hydrogens is 356 g/mol. The van der Waals surface area contributed by atoms with Crippen LogP contribution in [0.5, 0.6) is 0 Å². The van der Waals surface area contributed by atoms with Crippen LogP contribution in [0.3, 0.4) is 0 Å². The van der Waals surface area contributed by atoms with Crippen molar-refractivity contribution in [3.8, 4) is 0 Å². The lowest BCUT2D eigenvalue weighted by Gasteiger charge is -2.34. The van der Waals surface area contributed by atoms with E-state index >= 15 is 0 Å². The molecule has 7 heteroatoms.